The van der Waals surface area contributed by atoms with E-state index in [1.807, 2.05) is 0 Å². The van der Waals surface area contributed by atoms with Gasteiger partial charge in [-0.05, 0) is 0 Å². The van der Waals surface area contributed by atoms with Crippen LogP contribution in [0.3, 0.4) is 0 Å². The van der Waals surface area contributed by atoms with Crippen LogP contribution in [0.1, 0.15) is 0 Å². The van der Waals surface area contributed by atoms with E-state index >= 15 is 0 Å². The Bertz CT molecular complexity index is 310. The fourth-order valence-corrected chi connectivity index (χ4v) is 0.635. The van der Waals surface area contributed by atoms with Crippen molar-refractivity contribution in [3.8, 4) is 0 Å². The second-order valence-corrected chi connectivity index (χ2v) is 3.54. The summed E-state index contributed by atoms with van der Waals surface area (Å²) in [5.41, 5.74) is 0. The van der Waals surface area contributed by atoms with E-state index in [4.69, 9.17) is 83.5 Å². The molecular formula is C6H15B4Cl2NaO12. The van der Waals surface area contributed by atoms with E-state index in [2.05, 4.69) is 6.07 Å². The van der Waals surface area contributed by atoms with Crippen molar-refractivity contribution in [3.63, 3.8) is 0 Å². The van der Waals surface area contributed by atoms with Gasteiger partial charge in [0.1, 0.15) is 0 Å². The van der Waals surface area contributed by atoms with Gasteiger partial charge in [-0.2, -0.15) is 35.9 Å². The molecule has 0 aliphatic rings. The summed E-state index contributed by atoms with van der Waals surface area (Å²) in [5, 5.41) is 87.1. The minimum absolute atomic E-state index is 0. The molecule has 0 radical (unpaired) electrons. The zero-order valence-electron chi connectivity index (χ0n) is 12.7. The van der Waals surface area contributed by atoms with Gasteiger partial charge in [0.25, 0.3) is 0 Å². The van der Waals surface area contributed by atoms with Crippen LogP contribution in [0.5, 0.6) is 0 Å². The maximum Gasteiger partial charge on any atom is 1.00 e. The molecule has 12 nitrogen and oxygen atoms in total. The Kier molecular flexibility index (Phi) is 39.1. The Labute approximate surface area is 176 Å². The topological polar surface area (TPSA) is 243 Å². The van der Waals surface area contributed by atoms with Crippen LogP contribution >= 0.6 is 23.2 Å². The summed E-state index contributed by atoms with van der Waals surface area (Å²) in [4.78, 5) is 0. The van der Waals surface area contributed by atoms with Gasteiger partial charge in [0.05, 0.1) is 0 Å². The van der Waals surface area contributed by atoms with Gasteiger partial charge in [-0.25, -0.2) is 0 Å². The van der Waals surface area contributed by atoms with Crippen molar-refractivity contribution in [2.75, 3.05) is 0 Å². The smallest absolute Gasteiger partial charge is 0.402 e. The minimum Gasteiger partial charge on any atom is -0.402 e. The van der Waals surface area contributed by atoms with Crippen LogP contribution in [-0.4, -0.2) is 89.6 Å². The van der Waals surface area contributed by atoms with E-state index < -0.39 is 29.3 Å². The Morgan fingerprint density at radius 3 is 0.960 bits per heavy atom. The van der Waals surface area contributed by atoms with Gasteiger partial charge in [-0.1, -0.05) is 10.0 Å². The molecule has 0 aliphatic heterocycles. The molecule has 1 aromatic carbocycles. The third-order valence-electron chi connectivity index (χ3n) is 0.764. The van der Waals surface area contributed by atoms with Crippen molar-refractivity contribution in [1.82, 2.24) is 0 Å². The molecule has 0 atom stereocenters. The number of hydrogen-bond donors (Lipinski definition) is 12. The van der Waals surface area contributed by atoms with Gasteiger partial charge in [-0.15, -0.1) is 11.6 Å². The molecule has 0 saturated carbocycles. The number of halogens is 2. The van der Waals surface area contributed by atoms with Crippen LogP contribution in [0.25, 0.3) is 0 Å². The number of hydrogen-bond acceptors (Lipinski definition) is 12. The molecule has 0 heterocycles. The number of benzene rings is 1. The molecule has 0 aliphatic carbocycles. The van der Waals surface area contributed by atoms with Crippen LogP contribution in [0.4, 0.5) is 0 Å². The SMILES string of the molecule is Clc1c[c-]ccc1Cl.OB(O)O.OB(O)O.OB(O)O.OB(O)O.[Na+]. The fraction of sp³-hybridized carbons (Fsp3) is 0. The standard InChI is InChI=1S/C6H3Cl2.4BH3O3.Na/c7-5-3-1-2-4-6(5)8;4*2-1(3)4;/h1,3-4H;4*2-4H;/q-1;;;;;+1. The second-order valence-electron chi connectivity index (χ2n) is 2.73. The zero-order chi connectivity index (χ0) is 20.3. The minimum atomic E-state index is -2.17. The summed E-state index contributed by atoms with van der Waals surface area (Å²) in [7, 11) is -8.67. The summed E-state index contributed by atoms with van der Waals surface area (Å²) in [6, 6.07) is 7.83. The maximum atomic E-state index is 7.17. The van der Waals surface area contributed by atoms with Crippen molar-refractivity contribution in [2.24, 2.45) is 0 Å². The second kappa shape index (κ2) is 26.8. The van der Waals surface area contributed by atoms with Gasteiger partial charge in [0, 0.05) is 0 Å². The van der Waals surface area contributed by atoms with E-state index in [1.165, 1.54) is 0 Å². The van der Waals surface area contributed by atoms with E-state index in [9.17, 15) is 0 Å². The van der Waals surface area contributed by atoms with Gasteiger partial charge < -0.3 is 60.3 Å². The Balaban J connectivity index is -0.0000000695. The molecular weight excluding hydrogens is 401 g/mol. The molecule has 0 unspecified atom stereocenters. The Morgan fingerprint density at radius 2 is 0.840 bits per heavy atom. The molecule has 25 heavy (non-hydrogen) atoms. The first kappa shape index (κ1) is 36.5. The van der Waals surface area contributed by atoms with E-state index in [0.717, 1.165) is 0 Å². The molecule has 0 saturated heterocycles. The van der Waals surface area contributed by atoms with E-state index in [1.54, 1.807) is 18.2 Å². The van der Waals surface area contributed by atoms with Crippen LogP contribution in [-0.2, 0) is 0 Å². The monoisotopic (exact) mass is 416 g/mol. The predicted molar refractivity (Wildman–Crippen MR) is 84.9 cm³/mol. The molecule has 0 bridgehead atoms. The normalized spacial score (nSPS) is 7.28. The van der Waals surface area contributed by atoms with Gasteiger partial charge in [0.2, 0.25) is 0 Å². The Hall–Kier alpha value is 0.580. The third-order valence-corrected chi connectivity index (χ3v) is 1.50. The van der Waals surface area contributed by atoms with Gasteiger partial charge >= 0.3 is 58.8 Å². The van der Waals surface area contributed by atoms with Gasteiger partial charge in [0.15, 0.2) is 0 Å². The van der Waals surface area contributed by atoms with Crippen molar-refractivity contribution >= 4 is 52.5 Å². The summed E-state index contributed by atoms with van der Waals surface area (Å²) in [6.07, 6.45) is 0. The quantitative estimate of drug-likeness (QED) is 0.139. The molecule has 0 fully saturated rings. The maximum absolute atomic E-state index is 7.17. The summed E-state index contributed by atoms with van der Waals surface area (Å²) < 4.78 is 0. The molecule has 19 heteroatoms. The van der Waals surface area contributed by atoms with Crippen molar-refractivity contribution in [3.05, 3.63) is 34.3 Å². The summed E-state index contributed by atoms with van der Waals surface area (Å²) in [6.45, 7) is 0. The first-order valence-electron chi connectivity index (χ1n) is 5.21. The third kappa shape index (κ3) is 93.5. The average Bonchev–Trinajstić information content (AvgIpc) is 2.30. The van der Waals surface area contributed by atoms with Gasteiger partial charge in [-0.3, -0.25) is 0 Å². The average molecular weight is 416 g/mol. The van der Waals surface area contributed by atoms with Crippen molar-refractivity contribution in [1.29, 1.82) is 0 Å². The molecule has 0 amide bonds. The Morgan fingerprint density at radius 1 is 0.600 bits per heavy atom. The largest absolute Gasteiger partial charge is 1.00 e. The van der Waals surface area contributed by atoms with Crippen LogP contribution in [0.15, 0.2) is 18.2 Å². The molecule has 138 valence electrons. The van der Waals surface area contributed by atoms with E-state index in [0.29, 0.717) is 10.0 Å². The zero-order valence-corrected chi connectivity index (χ0v) is 16.2. The van der Waals surface area contributed by atoms with Crippen molar-refractivity contribution in [2.45, 2.75) is 0 Å². The molecule has 1 rings (SSSR count). The molecule has 0 aromatic heterocycles. The summed E-state index contributed by atoms with van der Waals surface area (Å²) >= 11 is 11.1. The van der Waals surface area contributed by atoms with Crippen molar-refractivity contribution < 1.29 is 89.8 Å². The molecule has 12 N–H and O–H groups in total. The van der Waals surface area contributed by atoms with Crippen LogP contribution in [0, 0.1) is 6.07 Å². The van der Waals surface area contributed by atoms with Crippen LogP contribution < -0.4 is 29.6 Å². The first-order chi connectivity index (χ1) is 10.7. The first-order valence-corrected chi connectivity index (χ1v) is 5.97. The molecule has 0 spiro atoms. The fourth-order valence-electron chi connectivity index (χ4n) is 0.391. The predicted octanol–water partition coefficient (Wildman–Crippen LogP) is -8.41. The van der Waals surface area contributed by atoms with E-state index in [-0.39, 0.29) is 29.6 Å². The number of rotatable bonds is 0. The summed E-state index contributed by atoms with van der Waals surface area (Å²) in [5.74, 6) is 0. The molecule has 1 aromatic rings. The van der Waals surface area contributed by atoms with Crippen LogP contribution in [0.2, 0.25) is 10.0 Å².